The van der Waals surface area contributed by atoms with Gasteiger partial charge in [0.25, 0.3) is 0 Å². The lowest BCUT2D eigenvalue weighted by atomic mass is 9.96. The average molecular weight is 264 g/mol. The van der Waals surface area contributed by atoms with Crippen LogP contribution in [0.25, 0.3) is 0 Å². The summed E-state index contributed by atoms with van der Waals surface area (Å²) in [6.45, 7) is 7.32. The summed E-state index contributed by atoms with van der Waals surface area (Å²) in [5.74, 6) is 0.670. The lowest BCUT2D eigenvalue weighted by Crippen LogP contribution is -2.35. The molecule has 3 heteroatoms. The van der Waals surface area contributed by atoms with E-state index in [2.05, 4.69) is 24.2 Å². The summed E-state index contributed by atoms with van der Waals surface area (Å²) in [5, 5.41) is 3.39. The number of rotatable bonds is 4. The Kier molecular flexibility index (Phi) is 4.94. The fourth-order valence-electron chi connectivity index (χ4n) is 2.75. The van der Waals surface area contributed by atoms with Crippen LogP contribution in [-0.2, 0) is 0 Å². The Labute approximate surface area is 116 Å². The number of hydrogen-bond donors (Lipinski definition) is 1. The van der Waals surface area contributed by atoms with Crippen LogP contribution in [0.4, 0.5) is 4.39 Å². The Balaban J connectivity index is 1.97. The molecule has 106 valence electrons. The van der Waals surface area contributed by atoms with Gasteiger partial charge in [-0.05, 0) is 69.9 Å². The Hall–Kier alpha value is -0.930. The normalized spacial score (nSPS) is 18.8. The summed E-state index contributed by atoms with van der Waals surface area (Å²) < 4.78 is 13.6. The van der Waals surface area contributed by atoms with Gasteiger partial charge in [0.15, 0.2) is 0 Å². The molecule has 1 heterocycles. The van der Waals surface area contributed by atoms with Crippen molar-refractivity contribution in [1.29, 1.82) is 0 Å². The van der Waals surface area contributed by atoms with E-state index in [0.717, 1.165) is 36.7 Å². The zero-order chi connectivity index (χ0) is 13.8. The van der Waals surface area contributed by atoms with Crippen LogP contribution < -0.4 is 5.32 Å². The van der Waals surface area contributed by atoms with E-state index in [0.29, 0.717) is 0 Å². The standard InChI is InChI=1S/C16H25FN2/c1-12-4-5-15(10-16(12)17)13(2)19(3)11-14-6-8-18-9-7-14/h4-5,10,13-14,18H,6-9,11H2,1-3H3. The molecule has 0 aliphatic carbocycles. The molecule has 0 saturated carbocycles. The van der Waals surface area contributed by atoms with E-state index in [9.17, 15) is 4.39 Å². The number of nitrogens with zero attached hydrogens (tertiary/aromatic N) is 1. The van der Waals surface area contributed by atoms with Crippen LogP contribution in [0.3, 0.4) is 0 Å². The van der Waals surface area contributed by atoms with Gasteiger partial charge in [-0.1, -0.05) is 12.1 Å². The smallest absolute Gasteiger partial charge is 0.126 e. The topological polar surface area (TPSA) is 15.3 Å². The first kappa shape index (κ1) is 14.5. The highest BCUT2D eigenvalue weighted by Gasteiger charge is 2.19. The fourth-order valence-corrected chi connectivity index (χ4v) is 2.75. The third kappa shape index (κ3) is 3.77. The van der Waals surface area contributed by atoms with Gasteiger partial charge in [-0.25, -0.2) is 4.39 Å². The van der Waals surface area contributed by atoms with Crippen molar-refractivity contribution in [2.75, 3.05) is 26.7 Å². The second-order valence-corrected chi connectivity index (χ2v) is 5.82. The quantitative estimate of drug-likeness (QED) is 0.899. The van der Waals surface area contributed by atoms with Crippen LogP contribution >= 0.6 is 0 Å². The second kappa shape index (κ2) is 6.49. The fraction of sp³-hybridized carbons (Fsp3) is 0.625. The van der Waals surface area contributed by atoms with Crippen molar-refractivity contribution in [3.05, 3.63) is 35.1 Å². The number of nitrogens with one attached hydrogen (secondary N) is 1. The van der Waals surface area contributed by atoms with E-state index in [1.807, 2.05) is 19.1 Å². The highest BCUT2D eigenvalue weighted by atomic mass is 19.1. The van der Waals surface area contributed by atoms with E-state index < -0.39 is 0 Å². The summed E-state index contributed by atoms with van der Waals surface area (Å²) in [4.78, 5) is 2.35. The molecule has 1 fully saturated rings. The van der Waals surface area contributed by atoms with Crippen molar-refractivity contribution in [3.8, 4) is 0 Å². The lowest BCUT2D eigenvalue weighted by molar-refractivity contribution is 0.196. The molecule has 1 aliphatic rings. The number of hydrogen-bond acceptors (Lipinski definition) is 2. The number of benzene rings is 1. The Bertz CT molecular complexity index is 413. The lowest BCUT2D eigenvalue weighted by Gasteiger charge is -2.31. The number of piperidine rings is 1. The van der Waals surface area contributed by atoms with E-state index in [4.69, 9.17) is 0 Å². The maximum atomic E-state index is 13.6. The van der Waals surface area contributed by atoms with Crippen LogP contribution in [0.5, 0.6) is 0 Å². The van der Waals surface area contributed by atoms with Gasteiger partial charge in [-0.3, -0.25) is 4.90 Å². The van der Waals surface area contributed by atoms with Gasteiger partial charge in [-0.2, -0.15) is 0 Å². The maximum Gasteiger partial charge on any atom is 0.126 e. The molecule has 1 unspecified atom stereocenters. The Morgan fingerprint density at radius 3 is 2.68 bits per heavy atom. The molecule has 0 amide bonds. The van der Waals surface area contributed by atoms with Crippen molar-refractivity contribution in [2.24, 2.45) is 5.92 Å². The minimum absolute atomic E-state index is 0.0976. The predicted molar refractivity (Wildman–Crippen MR) is 77.8 cm³/mol. The monoisotopic (exact) mass is 264 g/mol. The first-order valence-electron chi connectivity index (χ1n) is 7.25. The van der Waals surface area contributed by atoms with Crippen LogP contribution in [-0.4, -0.2) is 31.6 Å². The molecular weight excluding hydrogens is 239 g/mol. The summed E-state index contributed by atoms with van der Waals surface area (Å²) in [6, 6.07) is 5.87. The van der Waals surface area contributed by atoms with Crippen LogP contribution in [0.1, 0.15) is 36.9 Å². The van der Waals surface area contributed by atoms with Gasteiger partial charge in [0.2, 0.25) is 0 Å². The molecule has 2 nitrogen and oxygen atoms in total. The van der Waals surface area contributed by atoms with Crippen molar-refractivity contribution >= 4 is 0 Å². The molecular formula is C16H25FN2. The van der Waals surface area contributed by atoms with Gasteiger partial charge in [-0.15, -0.1) is 0 Å². The Morgan fingerprint density at radius 2 is 2.05 bits per heavy atom. The average Bonchev–Trinajstić information content (AvgIpc) is 2.42. The summed E-state index contributed by atoms with van der Waals surface area (Å²) in [5.41, 5.74) is 1.79. The molecule has 19 heavy (non-hydrogen) atoms. The number of halogens is 1. The van der Waals surface area contributed by atoms with Crippen LogP contribution in [0.2, 0.25) is 0 Å². The maximum absolute atomic E-state index is 13.6. The largest absolute Gasteiger partial charge is 0.317 e. The molecule has 0 radical (unpaired) electrons. The molecule has 1 atom stereocenters. The molecule has 1 aromatic carbocycles. The highest BCUT2D eigenvalue weighted by Crippen LogP contribution is 2.23. The Morgan fingerprint density at radius 1 is 1.37 bits per heavy atom. The van der Waals surface area contributed by atoms with Gasteiger partial charge in [0.05, 0.1) is 0 Å². The minimum atomic E-state index is -0.0976. The summed E-state index contributed by atoms with van der Waals surface area (Å²) in [7, 11) is 2.14. The summed E-state index contributed by atoms with van der Waals surface area (Å²) in [6.07, 6.45) is 2.50. The zero-order valence-electron chi connectivity index (χ0n) is 12.2. The second-order valence-electron chi connectivity index (χ2n) is 5.82. The van der Waals surface area contributed by atoms with E-state index in [-0.39, 0.29) is 11.9 Å². The highest BCUT2D eigenvalue weighted by molar-refractivity contribution is 5.25. The molecule has 2 rings (SSSR count). The van der Waals surface area contributed by atoms with Gasteiger partial charge in [0.1, 0.15) is 5.82 Å². The molecule has 0 aromatic heterocycles. The van der Waals surface area contributed by atoms with Crippen LogP contribution in [0, 0.1) is 18.7 Å². The van der Waals surface area contributed by atoms with Gasteiger partial charge >= 0.3 is 0 Å². The molecule has 1 saturated heterocycles. The van der Waals surface area contributed by atoms with Crippen molar-refractivity contribution < 1.29 is 4.39 Å². The van der Waals surface area contributed by atoms with E-state index in [1.54, 1.807) is 6.07 Å². The van der Waals surface area contributed by atoms with Crippen molar-refractivity contribution in [3.63, 3.8) is 0 Å². The number of aryl methyl sites for hydroxylation is 1. The molecule has 1 aliphatic heterocycles. The van der Waals surface area contributed by atoms with E-state index >= 15 is 0 Å². The predicted octanol–water partition coefficient (Wildman–Crippen LogP) is 3.13. The minimum Gasteiger partial charge on any atom is -0.317 e. The van der Waals surface area contributed by atoms with Gasteiger partial charge < -0.3 is 5.32 Å². The first-order valence-corrected chi connectivity index (χ1v) is 7.25. The SMILES string of the molecule is Cc1ccc(C(C)N(C)CC2CCNCC2)cc1F. The summed E-state index contributed by atoms with van der Waals surface area (Å²) >= 11 is 0. The van der Waals surface area contributed by atoms with Crippen LogP contribution in [0.15, 0.2) is 18.2 Å². The van der Waals surface area contributed by atoms with Gasteiger partial charge in [0, 0.05) is 12.6 Å². The zero-order valence-corrected chi connectivity index (χ0v) is 12.2. The molecule has 0 spiro atoms. The molecule has 0 bridgehead atoms. The van der Waals surface area contributed by atoms with Crippen molar-refractivity contribution in [2.45, 2.75) is 32.7 Å². The first-order chi connectivity index (χ1) is 9.08. The van der Waals surface area contributed by atoms with Crippen molar-refractivity contribution in [1.82, 2.24) is 10.2 Å². The third-order valence-electron chi connectivity index (χ3n) is 4.34. The van der Waals surface area contributed by atoms with E-state index in [1.165, 1.54) is 12.8 Å². The molecule has 1 aromatic rings. The molecule has 1 N–H and O–H groups in total. The third-order valence-corrected chi connectivity index (χ3v) is 4.34.